The summed E-state index contributed by atoms with van der Waals surface area (Å²) in [5.74, 6) is -0.273. The van der Waals surface area contributed by atoms with Crippen molar-refractivity contribution >= 4 is 11.0 Å². The van der Waals surface area contributed by atoms with Crippen LogP contribution in [0.2, 0.25) is 0 Å². The molecular formula is C21H20O10. The highest BCUT2D eigenvalue weighted by molar-refractivity contribution is 5.86. The molecule has 1 fully saturated rings. The van der Waals surface area contributed by atoms with Crippen molar-refractivity contribution < 1.29 is 44.5 Å². The van der Waals surface area contributed by atoms with Gasteiger partial charge in [0.25, 0.3) is 0 Å². The third kappa shape index (κ3) is 3.94. The van der Waals surface area contributed by atoms with Gasteiger partial charge in [-0.15, -0.1) is 0 Å². The second-order valence-corrected chi connectivity index (χ2v) is 7.15. The molecule has 0 spiro atoms. The van der Waals surface area contributed by atoms with Crippen LogP contribution in [-0.4, -0.2) is 68.0 Å². The summed E-state index contributed by atoms with van der Waals surface area (Å²) in [6.07, 6.45) is -7.47. The number of aliphatic hydroxyl groups is 4. The second kappa shape index (κ2) is 8.17. The smallest absolute Gasteiger partial charge is 0.229 e. The second-order valence-electron chi connectivity index (χ2n) is 7.15. The van der Waals surface area contributed by atoms with E-state index in [9.17, 15) is 35.4 Å². The Bertz CT molecular complexity index is 1140. The van der Waals surface area contributed by atoms with E-state index in [2.05, 4.69) is 0 Å². The van der Waals surface area contributed by atoms with Crippen LogP contribution in [0.25, 0.3) is 22.3 Å². The van der Waals surface area contributed by atoms with Gasteiger partial charge in [-0.2, -0.15) is 0 Å². The minimum atomic E-state index is -1.65. The highest BCUT2D eigenvalue weighted by Gasteiger charge is 2.44. The monoisotopic (exact) mass is 432 g/mol. The van der Waals surface area contributed by atoms with Crippen LogP contribution in [0.3, 0.4) is 0 Å². The standard InChI is InChI=1S/C21H20O10/c22-8-16-18(26)19(27)20(28)21(31-16)29-11-5-12(24)17-13(25)7-14(30-15(17)6-11)9-1-3-10(23)4-2-9/h1-7,16,18-24,26-28H,8H2/t16-,18+,19+,20-,21+/m0/s1. The van der Waals surface area contributed by atoms with Crippen molar-refractivity contribution in [1.29, 1.82) is 0 Å². The Morgan fingerprint density at radius 3 is 2.32 bits per heavy atom. The van der Waals surface area contributed by atoms with Gasteiger partial charge in [-0.3, -0.25) is 4.79 Å². The molecule has 0 bridgehead atoms. The molecule has 0 aliphatic carbocycles. The van der Waals surface area contributed by atoms with Gasteiger partial charge in [0.1, 0.15) is 58.4 Å². The largest absolute Gasteiger partial charge is 0.508 e. The third-order valence-corrected chi connectivity index (χ3v) is 5.04. The zero-order valence-electron chi connectivity index (χ0n) is 16.0. The van der Waals surface area contributed by atoms with Gasteiger partial charge in [-0.25, -0.2) is 0 Å². The van der Waals surface area contributed by atoms with Crippen molar-refractivity contribution in [3.8, 4) is 28.6 Å². The Morgan fingerprint density at radius 2 is 1.65 bits per heavy atom. The average Bonchev–Trinajstić information content (AvgIpc) is 2.74. The highest BCUT2D eigenvalue weighted by Crippen LogP contribution is 2.33. The molecular weight excluding hydrogens is 412 g/mol. The molecule has 164 valence electrons. The quantitative estimate of drug-likeness (QED) is 0.331. The molecule has 2 heterocycles. The molecule has 10 heteroatoms. The lowest BCUT2D eigenvalue weighted by Crippen LogP contribution is -2.60. The first kappa shape index (κ1) is 21.1. The number of phenolic OH excluding ortho intramolecular Hbond substituents is 2. The van der Waals surface area contributed by atoms with Crippen LogP contribution >= 0.6 is 0 Å². The Balaban J connectivity index is 1.71. The van der Waals surface area contributed by atoms with Crippen LogP contribution in [0.4, 0.5) is 0 Å². The number of hydrogen-bond acceptors (Lipinski definition) is 10. The lowest BCUT2D eigenvalue weighted by atomic mass is 9.99. The van der Waals surface area contributed by atoms with Crippen LogP contribution < -0.4 is 10.2 Å². The maximum absolute atomic E-state index is 12.5. The Hall–Kier alpha value is -3.15. The number of ether oxygens (including phenoxy) is 2. The van der Waals surface area contributed by atoms with E-state index in [1.807, 2.05) is 0 Å². The van der Waals surface area contributed by atoms with Gasteiger partial charge in [0.05, 0.1) is 6.61 Å². The molecule has 6 N–H and O–H groups in total. The van der Waals surface area contributed by atoms with Crippen molar-refractivity contribution in [1.82, 2.24) is 0 Å². The first-order valence-electron chi connectivity index (χ1n) is 9.36. The summed E-state index contributed by atoms with van der Waals surface area (Å²) in [5.41, 5.74) is -0.0204. The van der Waals surface area contributed by atoms with E-state index in [-0.39, 0.29) is 28.2 Å². The molecule has 31 heavy (non-hydrogen) atoms. The minimum absolute atomic E-state index is 0.0184. The number of aliphatic hydroxyl groups excluding tert-OH is 4. The Kier molecular flexibility index (Phi) is 5.56. The maximum atomic E-state index is 12.5. The minimum Gasteiger partial charge on any atom is -0.508 e. The number of phenols is 2. The van der Waals surface area contributed by atoms with E-state index in [1.54, 1.807) is 12.1 Å². The van der Waals surface area contributed by atoms with E-state index in [4.69, 9.17) is 13.9 Å². The lowest BCUT2D eigenvalue weighted by Gasteiger charge is -2.39. The summed E-state index contributed by atoms with van der Waals surface area (Å²) in [6, 6.07) is 9.56. The summed E-state index contributed by atoms with van der Waals surface area (Å²) >= 11 is 0. The van der Waals surface area contributed by atoms with Gasteiger partial charge < -0.3 is 44.5 Å². The predicted octanol–water partition coefficient (Wildman–Crippen LogP) is 0.0499. The number of fused-ring (bicyclic) bond motifs is 1. The molecule has 0 radical (unpaired) electrons. The topological polar surface area (TPSA) is 170 Å². The first-order valence-corrected chi connectivity index (χ1v) is 9.36. The molecule has 1 aliphatic rings. The predicted molar refractivity (Wildman–Crippen MR) is 106 cm³/mol. The summed E-state index contributed by atoms with van der Waals surface area (Å²) in [4.78, 5) is 12.5. The van der Waals surface area contributed by atoms with E-state index < -0.39 is 48.5 Å². The van der Waals surface area contributed by atoms with Gasteiger partial charge in [0.2, 0.25) is 6.29 Å². The van der Waals surface area contributed by atoms with Crippen molar-refractivity contribution in [2.75, 3.05) is 6.61 Å². The molecule has 1 saturated heterocycles. The molecule has 10 nitrogen and oxygen atoms in total. The Labute approximate surface area is 174 Å². The zero-order valence-corrected chi connectivity index (χ0v) is 16.0. The number of hydrogen-bond donors (Lipinski definition) is 6. The highest BCUT2D eigenvalue weighted by atomic mass is 16.7. The molecule has 0 amide bonds. The fourth-order valence-corrected chi connectivity index (χ4v) is 3.38. The average molecular weight is 432 g/mol. The van der Waals surface area contributed by atoms with Gasteiger partial charge in [-0.05, 0) is 24.3 Å². The molecule has 4 rings (SSSR count). The van der Waals surface area contributed by atoms with Gasteiger partial charge in [-0.1, -0.05) is 0 Å². The van der Waals surface area contributed by atoms with Crippen LogP contribution in [0.1, 0.15) is 0 Å². The SMILES string of the molecule is O=c1cc(-c2ccc(O)cc2)oc2cc(O[C@@H]3O[C@@H](CO)[C@@H](O)[C@@H](O)[C@@H]3O)cc(O)c12. The van der Waals surface area contributed by atoms with Crippen LogP contribution in [-0.2, 0) is 4.74 Å². The van der Waals surface area contributed by atoms with E-state index in [1.165, 1.54) is 24.3 Å². The molecule has 1 aromatic heterocycles. The normalized spacial score (nSPS) is 26.1. The molecule has 2 aromatic carbocycles. The lowest BCUT2D eigenvalue weighted by molar-refractivity contribution is -0.277. The third-order valence-electron chi connectivity index (χ3n) is 5.04. The van der Waals surface area contributed by atoms with Gasteiger partial charge in [0.15, 0.2) is 5.43 Å². The van der Waals surface area contributed by atoms with Crippen molar-refractivity contribution in [3.63, 3.8) is 0 Å². The van der Waals surface area contributed by atoms with E-state index in [0.717, 1.165) is 6.07 Å². The molecule has 3 aromatic rings. The van der Waals surface area contributed by atoms with Crippen LogP contribution in [0, 0.1) is 0 Å². The summed E-state index contributed by atoms with van der Waals surface area (Å²) < 4.78 is 16.5. The van der Waals surface area contributed by atoms with Crippen molar-refractivity contribution in [2.45, 2.75) is 30.7 Å². The molecule has 0 unspecified atom stereocenters. The number of benzene rings is 2. The maximum Gasteiger partial charge on any atom is 0.229 e. The fraction of sp³-hybridized carbons (Fsp3) is 0.286. The van der Waals surface area contributed by atoms with Crippen molar-refractivity contribution in [3.05, 3.63) is 52.7 Å². The Morgan fingerprint density at radius 1 is 0.935 bits per heavy atom. The first-order chi connectivity index (χ1) is 14.8. The fourth-order valence-electron chi connectivity index (χ4n) is 3.38. The molecule has 0 saturated carbocycles. The number of aromatic hydroxyl groups is 2. The molecule has 1 aliphatic heterocycles. The van der Waals surface area contributed by atoms with E-state index in [0.29, 0.717) is 5.56 Å². The molecule has 5 atom stereocenters. The van der Waals surface area contributed by atoms with E-state index >= 15 is 0 Å². The summed E-state index contributed by atoms with van der Waals surface area (Å²) in [5, 5.41) is 58.8. The number of rotatable bonds is 4. The van der Waals surface area contributed by atoms with Crippen LogP contribution in [0.15, 0.2) is 51.7 Å². The zero-order chi connectivity index (χ0) is 22.3. The summed E-state index contributed by atoms with van der Waals surface area (Å²) in [7, 11) is 0. The summed E-state index contributed by atoms with van der Waals surface area (Å²) in [6.45, 7) is -0.626. The van der Waals surface area contributed by atoms with Crippen molar-refractivity contribution in [2.24, 2.45) is 0 Å². The van der Waals surface area contributed by atoms with Gasteiger partial charge in [0, 0.05) is 23.8 Å². The van der Waals surface area contributed by atoms with Gasteiger partial charge >= 0.3 is 0 Å². The van der Waals surface area contributed by atoms with Crippen LogP contribution in [0.5, 0.6) is 17.2 Å².